The van der Waals surface area contributed by atoms with Crippen LogP contribution in [0.5, 0.6) is 0 Å². The zero-order valence-electron chi connectivity index (χ0n) is 11.9. The van der Waals surface area contributed by atoms with E-state index in [0.717, 1.165) is 6.08 Å². The Morgan fingerprint density at radius 1 is 1.33 bits per heavy atom. The van der Waals surface area contributed by atoms with E-state index in [9.17, 15) is 18.3 Å². The molecule has 0 radical (unpaired) electrons. The smallest absolute Gasteiger partial charge is 0.328 e. The Labute approximate surface area is 124 Å². The van der Waals surface area contributed by atoms with Crippen molar-refractivity contribution < 1.29 is 23.4 Å². The lowest BCUT2D eigenvalue weighted by molar-refractivity contribution is -0.131. The number of carbonyl (C=O) groups is 1. The molecule has 0 aromatic heterocycles. The molecule has 1 aromatic rings. The van der Waals surface area contributed by atoms with Gasteiger partial charge in [-0.3, -0.25) is 0 Å². The molecule has 2 N–H and O–H groups in total. The van der Waals surface area contributed by atoms with Gasteiger partial charge in [0.1, 0.15) is 0 Å². The van der Waals surface area contributed by atoms with Crippen LogP contribution in [0.2, 0.25) is 0 Å². The summed E-state index contributed by atoms with van der Waals surface area (Å²) in [6.07, 6.45) is 2.16. The summed E-state index contributed by atoms with van der Waals surface area (Å²) < 4.78 is 25.7. The number of carboxylic acids is 1. The van der Waals surface area contributed by atoms with Crippen LogP contribution in [0.1, 0.15) is 18.9 Å². The molecular formula is C14H19NO5S. The second-order valence-electron chi connectivity index (χ2n) is 4.70. The number of aliphatic carboxylic acids is 1. The van der Waals surface area contributed by atoms with Crippen molar-refractivity contribution in [3.63, 3.8) is 0 Å². The van der Waals surface area contributed by atoms with E-state index in [4.69, 9.17) is 5.11 Å². The molecular weight excluding hydrogens is 294 g/mol. The highest BCUT2D eigenvalue weighted by Crippen LogP contribution is 2.16. The average molecular weight is 313 g/mol. The van der Waals surface area contributed by atoms with Crippen molar-refractivity contribution in [1.82, 2.24) is 4.31 Å². The maximum absolute atomic E-state index is 12.3. The first-order chi connectivity index (χ1) is 9.73. The summed E-state index contributed by atoms with van der Waals surface area (Å²) in [4.78, 5) is 10.5. The first kappa shape index (κ1) is 17.4. The van der Waals surface area contributed by atoms with Gasteiger partial charge in [0.05, 0.1) is 11.0 Å². The van der Waals surface area contributed by atoms with Gasteiger partial charge in [0, 0.05) is 19.7 Å². The van der Waals surface area contributed by atoms with E-state index in [2.05, 4.69) is 0 Å². The van der Waals surface area contributed by atoms with Gasteiger partial charge >= 0.3 is 5.97 Å². The van der Waals surface area contributed by atoms with Crippen molar-refractivity contribution in [2.24, 2.45) is 0 Å². The molecule has 21 heavy (non-hydrogen) atoms. The molecule has 6 nitrogen and oxygen atoms in total. The van der Waals surface area contributed by atoms with Crippen LogP contribution < -0.4 is 0 Å². The van der Waals surface area contributed by atoms with E-state index in [0.29, 0.717) is 12.0 Å². The Kier molecular flexibility index (Phi) is 6.07. The zero-order valence-corrected chi connectivity index (χ0v) is 12.7. The van der Waals surface area contributed by atoms with Gasteiger partial charge in [-0.15, -0.1) is 0 Å². The number of rotatable bonds is 7. The van der Waals surface area contributed by atoms with Crippen molar-refractivity contribution in [2.75, 3.05) is 13.6 Å². The molecule has 0 spiro atoms. The maximum Gasteiger partial charge on any atom is 0.328 e. The highest BCUT2D eigenvalue weighted by molar-refractivity contribution is 7.89. The zero-order chi connectivity index (χ0) is 16.0. The lowest BCUT2D eigenvalue weighted by atomic mass is 10.2. The summed E-state index contributed by atoms with van der Waals surface area (Å²) in [7, 11) is -2.15. The molecule has 0 saturated heterocycles. The molecule has 0 saturated carbocycles. The number of hydrogen-bond donors (Lipinski definition) is 2. The maximum atomic E-state index is 12.3. The van der Waals surface area contributed by atoms with Crippen LogP contribution in [0, 0.1) is 0 Å². The SMILES string of the molecule is CC(O)CCN(C)S(=O)(=O)c1ccc(/C=C/C(=O)O)cc1. The van der Waals surface area contributed by atoms with Crippen molar-refractivity contribution in [3.05, 3.63) is 35.9 Å². The summed E-state index contributed by atoms with van der Waals surface area (Å²) >= 11 is 0. The van der Waals surface area contributed by atoms with E-state index in [1.54, 1.807) is 6.92 Å². The molecule has 0 aliphatic heterocycles. The van der Waals surface area contributed by atoms with Gasteiger partial charge in [-0.1, -0.05) is 12.1 Å². The fourth-order valence-electron chi connectivity index (χ4n) is 1.59. The molecule has 1 unspecified atom stereocenters. The fraction of sp³-hybridized carbons (Fsp3) is 0.357. The Bertz CT molecular complexity index is 605. The van der Waals surface area contributed by atoms with Crippen LogP contribution in [0.25, 0.3) is 6.08 Å². The van der Waals surface area contributed by atoms with Gasteiger partial charge in [-0.25, -0.2) is 17.5 Å². The highest BCUT2D eigenvalue weighted by atomic mass is 32.2. The molecule has 0 heterocycles. The average Bonchev–Trinajstić information content (AvgIpc) is 2.42. The van der Waals surface area contributed by atoms with Crippen LogP contribution in [-0.2, 0) is 14.8 Å². The molecule has 1 rings (SSSR count). The molecule has 0 aliphatic rings. The molecule has 1 aromatic carbocycles. The summed E-state index contributed by atoms with van der Waals surface area (Å²) in [6.45, 7) is 1.82. The van der Waals surface area contributed by atoms with Crippen molar-refractivity contribution >= 4 is 22.1 Å². The molecule has 7 heteroatoms. The predicted octanol–water partition coefficient (Wildman–Crippen LogP) is 1.18. The number of sulfonamides is 1. The van der Waals surface area contributed by atoms with E-state index in [-0.39, 0.29) is 11.4 Å². The summed E-state index contributed by atoms with van der Waals surface area (Å²) in [6, 6.07) is 5.93. The van der Waals surface area contributed by atoms with E-state index in [1.807, 2.05) is 0 Å². The predicted molar refractivity (Wildman–Crippen MR) is 79.2 cm³/mol. The van der Waals surface area contributed by atoms with Gasteiger partial charge in [0.15, 0.2) is 0 Å². The fourth-order valence-corrected chi connectivity index (χ4v) is 2.77. The van der Waals surface area contributed by atoms with Crippen LogP contribution in [0.4, 0.5) is 0 Å². The lowest BCUT2D eigenvalue weighted by Crippen LogP contribution is -2.29. The molecule has 0 bridgehead atoms. The highest BCUT2D eigenvalue weighted by Gasteiger charge is 2.20. The Hall–Kier alpha value is -1.70. The second kappa shape index (κ2) is 7.35. The van der Waals surface area contributed by atoms with Crippen LogP contribution in [0.3, 0.4) is 0 Å². The largest absolute Gasteiger partial charge is 0.478 e. The Balaban J connectivity index is 2.87. The van der Waals surface area contributed by atoms with E-state index < -0.39 is 22.1 Å². The number of aliphatic hydroxyl groups excluding tert-OH is 1. The second-order valence-corrected chi connectivity index (χ2v) is 6.75. The standard InChI is InChI=1S/C14H19NO5S/c1-11(16)9-10-15(2)21(19,20)13-6-3-12(4-7-13)5-8-14(17)18/h3-8,11,16H,9-10H2,1-2H3,(H,17,18)/b8-5+. The number of carboxylic acid groups (broad SMARTS) is 1. The van der Waals surface area contributed by atoms with E-state index in [1.165, 1.54) is 41.7 Å². The van der Waals surface area contributed by atoms with Gasteiger partial charge in [0.25, 0.3) is 0 Å². The minimum atomic E-state index is -3.60. The normalized spacial score (nSPS) is 13.7. The molecule has 116 valence electrons. The monoisotopic (exact) mass is 313 g/mol. The molecule has 0 fully saturated rings. The van der Waals surface area contributed by atoms with Crippen LogP contribution >= 0.6 is 0 Å². The van der Waals surface area contributed by atoms with Gasteiger partial charge in [-0.2, -0.15) is 0 Å². The van der Waals surface area contributed by atoms with Gasteiger partial charge in [0.2, 0.25) is 10.0 Å². The minimum absolute atomic E-state index is 0.128. The number of hydrogen-bond acceptors (Lipinski definition) is 4. The Morgan fingerprint density at radius 2 is 1.90 bits per heavy atom. The first-order valence-electron chi connectivity index (χ1n) is 6.39. The summed E-state index contributed by atoms with van der Waals surface area (Å²) in [5, 5.41) is 17.7. The van der Waals surface area contributed by atoms with Crippen LogP contribution in [0.15, 0.2) is 35.2 Å². The van der Waals surface area contributed by atoms with Crippen molar-refractivity contribution in [3.8, 4) is 0 Å². The Morgan fingerprint density at radius 3 is 2.38 bits per heavy atom. The molecule has 1 atom stereocenters. The van der Waals surface area contributed by atoms with Crippen molar-refractivity contribution in [2.45, 2.75) is 24.3 Å². The quantitative estimate of drug-likeness (QED) is 0.737. The van der Waals surface area contributed by atoms with E-state index >= 15 is 0 Å². The first-order valence-corrected chi connectivity index (χ1v) is 7.83. The third kappa shape index (κ3) is 5.30. The topological polar surface area (TPSA) is 94.9 Å². The van der Waals surface area contributed by atoms with Crippen molar-refractivity contribution in [1.29, 1.82) is 0 Å². The minimum Gasteiger partial charge on any atom is -0.478 e. The third-order valence-corrected chi connectivity index (χ3v) is 4.74. The third-order valence-electron chi connectivity index (χ3n) is 2.87. The molecule has 0 amide bonds. The summed E-state index contributed by atoms with van der Waals surface area (Å²) in [5.74, 6) is -1.07. The van der Waals surface area contributed by atoms with Crippen LogP contribution in [-0.4, -0.2) is 48.6 Å². The number of nitrogens with zero attached hydrogens (tertiary/aromatic N) is 1. The lowest BCUT2D eigenvalue weighted by Gasteiger charge is -2.18. The number of benzene rings is 1. The molecule has 0 aliphatic carbocycles. The summed E-state index contributed by atoms with van der Waals surface area (Å²) in [5.41, 5.74) is 0.600. The number of aliphatic hydroxyl groups is 1. The van der Waals surface area contributed by atoms with Gasteiger partial charge in [-0.05, 0) is 37.1 Å². The van der Waals surface area contributed by atoms with Gasteiger partial charge < -0.3 is 10.2 Å².